The van der Waals surface area contributed by atoms with Gasteiger partial charge in [-0.25, -0.2) is 9.18 Å². The van der Waals surface area contributed by atoms with Gasteiger partial charge in [0.2, 0.25) is 0 Å². The number of methoxy groups -OCH3 is 1. The number of ether oxygens (including phenoxy) is 2. The highest BCUT2D eigenvalue weighted by Crippen LogP contribution is 2.30. The van der Waals surface area contributed by atoms with Crippen LogP contribution in [0, 0.1) is 5.82 Å². The molecule has 0 unspecified atom stereocenters. The van der Waals surface area contributed by atoms with Crippen molar-refractivity contribution in [1.82, 2.24) is 4.98 Å². The first-order valence-corrected chi connectivity index (χ1v) is 7.96. The number of halogens is 1. The number of anilines is 1. The van der Waals surface area contributed by atoms with Crippen LogP contribution in [0.3, 0.4) is 0 Å². The van der Waals surface area contributed by atoms with Crippen molar-refractivity contribution in [1.29, 1.82) is 0 Å². The minimum Gasteiger partial charge on any atom is -0.497 e. The van der Waals surface area contributed by atoms with Gasteiger partial charge < -0.3 is 19.8 Å². The monoisotopic (exact) mass is 342 g/mol. The molecule has 130 valence electrons. The number of H-pyrrole nitrogens is 1. The van der Waals surface area contributed by atoms with E-state index in [0.717, 1.165) is 0 Å². The molecule has 0 spiro atoms. The number of hydrogen-bond donors (Lipinski definition) is 2. The van der Waals surface area contributed by atoms with Crippen LogP contribution in [0.15, 0.2) is 48.7 Å². The van der Waals surface area contributed by atoms with E-state index in [0.29, 0.717) is 27.9 Å². The Morgan fingerprint density at radius 2 is 2.00 bits per heavy atom. The van der Waals surface area contributed by atoms with Crippen LogP contribution < -0.4 is 10.1 Å². The van der Waals surface area contributed by atoms with E-state index in [1.165, 1.54) is 6.07 Å². The maximum absolute atomic E-state index is 14.3. The Labute approximate surface area is 144 Å². The van der Waals surface area contributed by atoms with Crippen LogP contribution in [0.4, 0.5) is 10.1 Å². The summed E-state index contributed by atoms with van der Waals surface area (Å²) in [5, 5.41) is 3.50. The molecule has 0 fully saturated rings. The lowest BCUT2D eigenvalue weighted by Crippen LogP contribution is -2.23. The first-order chi connectivity index (χ1) is 12.1. The van der Waals surface area contributed by atoms with Crippen LogP contribution >= 0.6 is 0 Å². The van der Waals surface area contributed by atoms with Crippen LogP contribution in [-0.4, -0.2) is 24.7 Å². The second kappa shape index (κ2) is 7.25. The molecule has 0 aliphatic carbocycles. The lowest BCUT2D eigenvalue weighted by Gasteiger charge is -2.18. The zero-order valence-electron chi connectivity index (χ0n) is 14.0. The summed E-state index contributed by atoms with van der Waals surface area (Å²) in [6.07, 6.45) is 1.63. The Kier molecular flexibility index (Phi) is 4.88. The zero-order chi connectivity index (χ0) is 17.8. The molecule has 1 aromatic heterocycles. The van der Waals surface area contributed by atoms with Crippen molar-refractivity contribution in [3.8, 4) is 5.75 Å². The van der Waals surface area contributed by atoms with Crippen molar-refractivity contribution < 1.29 is 18.7 Å². The first kappa shape index (κ1) is 16.8. The van der Waals surface area contributed by atoms with Crippen molar-refractivity contribution in [3.05, 3.63) is 60.0 Å². The van der Waals surface area contributed by atoms with Gasteiger partial charge in [-0.3, -0.25) is 0 Å². The van der Waals surface area contributed by atoms with Gasteiger partial charge >= 0.3 is 5.97 Å². The number of esters is 1. The van der Waals surface area contributed by atoms with Crippen molar-refractivity contribution in [2.24, 2.45) is 0 Å². The largest absolute Gasteiger partial charge is 0.497 e. The predicted molar refractivity (Wildman–Crippen MR) is 94.2 cm³/mol. The SMILES string of the molecule is CCOC(=O)[C@@H](Nc1ccc(OC)cc1)c1c[nH]c2cccc(F)c12. The highest BCUT2D eigenvalue weighted by Gasteiger charge is 2.26. The van der Waals surface area contributed by atoms with E-state index in [1.54, 1.807) is 56.6 Å². The molecule has 2 aromatic carbocycles. The van der Waals surface area contributed by atoms with E-state index in [2.05, 4.69) is 10.3 Å². The van der Waals surface area contributed by atoms with E-state index in [1.807, 2.05) is 0 Å². The normalized spacial score (nSPS) is 12.0. The van der Waals surface area contributed by atoms with Crippen LogP contribution in [0.1, 0.15) is 18.5 Å². The number of aromatic amines is 1. The average molecular weight is 342 g/mol. The van der Waals surface area contributed by atoms with Gasteiger partial charge in [0.15, 0.2) is 6.04 Å². The zero-order valence-corrected chi connectivity index (χ0v) is 14.0. The highest BCUT2D eigenvalue weighted by molar-refractivity contribution is 5.91. The minimum atomic E-state index is -0.834. The second-order valence-corrected chi connectivity index (χ2v) is 5.46. The molecule has 3 rings (SSSR count). The summed E-state index contributed by atoms with van der Waals surface area (Å²) in [7, 11) is 1.58. The number of carbonyl (C=O) groups is 1. The van der Waals surface area contributed by atoms with Gasteiger partial charge in [-0.2, -0.15) is 0 Å². The van der Waals surface area contributed by atoms with E-state index in [-0.39, 0.29) is 12.4 Å². The van der Waals surface area contributed by atoms with Gasteiger partial charge in [0.05, 0.1) is 13.7 Å². The predicted octanol–water partition coefficient (Wildman–Crippen LogP) is 4.03. The number of rotatable bonds is 6. The Balaban J connectivity index is 2.00. The van der Waals surface area contributed by atoms with Gasteiger partial charge in [0.25, 0.3) is 0 Å². The van der Waals surface area contributed by atoms with Crippen molar-refractivity contribution >= 4 is 22.6 Å². The van der Waals surface area contributed by atoms with Gasteiger partial charge in [-0.15, -0.1) is 0 Å². The summed E-state index contributed by atoms with van der Waals surface area (Å²) in [4.78, 5) is 15.5. The standard InChI is InChI=1S/C19H19FN2O3/c1-3-25-19(23)18(22-12-7-9-13(24-2)10-8-12)14-11-21-16-6-4-5-15(20)17(14)16/h4-11,18,21-22H,3H2,1-2H3/t18-/m0/s1. The molecule has 0 saturated heterocycles. The molecule has 3 aromatic rings. The smallest absolute Gasteiger partial charge is 0.333 e. The molecule has 1 atom stereocenters. The summed E-state index contributed by atoms with van der Waals surface area (Å²) in [5.74, 6) is -0.154. The van der Waals surface area contributed by atoms with E-state index < -0.39 is 12.0 Å². The highest BCUT2D eigenvalue weighted by atomic mass is 19.1. The number of fused-ring (bicyclic) bond motifs is 1. The first-order valence-electron chi connectivity index (χ1n) is 7.96. The van der Waals surface area contributed by atoms with Gasteiger partial charge in [0, 0.05) is 28.4 Å². The fraction of sp³-hybridized carbons (Fsp3) is 0.211. The topological polar surface area (TPSA) is 63.4 Å². The fourth-order valence-electron chi connectivity index (χ4n) is 2.74. The molecule has 2 N–H and O–H groups in total. The quantitative estimate of drug-likeness (QED) is 0.664. The lowest BCUT2D eigenvalue weighted by atomic mass is 10.0. The summed E-state index contributed by atoms with van der Waals surface area (Å²) in [6, 6.07) is 11.0. The van der Waals surface area contributed by atoms with Crippen LogP contribution in [0.25, 0.3) is 10.9 Å². The summed E-state index contributed by atoms with van der Waals surface area (Å²) >= 11 is 0. The van der Waals surface area contributed by atoms with E-state index in [4.69, 9.17) is 9.47 Å². The molecule has 6 heteroatoms. The Morgan fingerprint density at radius 3 is 2.68 bits per heavy atom. The molecule has 0 radical (unpaired) electrons. The van der Waals surface area contributed by atoms with E-state index >= 15 is 0 Å². The Bertz CT molecular complexity index is 874. The lowest BCUT2D eigenvalue weighted by molar-refractivity contribution is -0.144. The average Bonchev–Trinajstić information content (AvgIpc) is 3.05. The van der Waals surface area contributed by atoms with Crippen molar-refractivity contribution in [3.63, 3.8) is 0 Å². The third kappa shape index (κ3) is 3.42. The molecule has 0 aliphatic heterocycles. The minimum absolute atomic E-state index is 0.241. The Morgan fingerprint density at radius 1 is 1.24 bits per heavy atom. The van der Waals surface area contributed by atoms with Crippen molar-refractivity contribution in [2.45, 2.75) is 13.0 Å². The van der Waals surface area contributed by atoms with Gasteiger partial charge in [0.1, 0.15) is 11.6 Å². The van der Waals surface area contributed by atoms with E-state index in [9.17, 15) is 9.18 Å². The molecular formula is C19H19FN2O3. The molecule has 25 heavy (non-hydrogen) atoms. The maximum Gasteiger partial charge on any atom is 0.333 e. The molecule has 1 heterocycles. The van der Waals surface area contributed by atoms with Crippen molar-refractivity contribution in [2.75, 3.05) is 19.0 Å². The fourth-order valence-corrected chi connectivity index (χ4v) is 2.74. The second-order valence-electron chi connectivity index (χ2n) is 5.46. The number of aromatic nitrogens is 1. The molecule has 0 bridgehead atoms. The molecule has 0 amide bonds. The van der Waals surface area contributed by atoms with Crippen LogP contribution in [-0.2, 0) is 9.53 Å². The number of benzene rings is 2. The van der Waals surface area contributed by atoms with Gasteiger partial charge in [-0.05, 0) is 43.3 Å². The number of nitrogens with one attached hydrogen (secondary N) is 2. The molecule has 0 saturated carbocycles. The maximum atomic E-state index is 14.3. The Hall–Kier alpha value is -3.02. The molecule has 0 aliphatic rings. The van der Waals surface area contributed by atoms with Crippen LogP contribution in [0.5, 0.6) is 5.75 Å². The number of carbonyl (C=O) groups excluding carboxylic acids is 1. The summed E-state index contributed by atoms with van der Waals surface area (Å²) < 4.78 is 24.6. The summed E-state index contributed by atoms with van der Waals surface area (Å²) in [5.41, 5.74) is 1.83. The van der Waals surface area contributed by atoms with Crippen LogP contribution in [0.2, 0.25) is 0 Å². The third-order valence-corrected chi connectivity index (χ3v) is 3.92. The molecule has 5 nitrogen and oxygen atoms in total. The molecular weight excluding hydrogens is 323 g/mol. The summed E-state index contributed by atoms with van der Waals surface area (Å²) in [6.45, 7) is 1.97. The number of hydrogen-bond acceptors (Lipinski definition) is 4. The van der Waals surface area contributed by atoms with Gasteiger partial charge in [-0.1, -0.05) is 6.07 Å². The third-order valence-electron chi connectivity index (χ3n) is 3.92.